The van der Waals surface area contributed by atoms with Crippen LogP contribution in [0.2, 0.25) is 0 Å². The molecule has 1 aliphatic rings. The van der Waals surface area contributed by atoms with Crippen LogP contribution in [0.3, 0.4) is 0 Å². The van der Waals surface area contributed by atoms with Crippen molar-refractivity contribution in [3.63, 3.8) is 0 Å². The molecule has 120 valence electrons. The third-order valence-electron chi connectivity index (χ3n) is 3.10. The van der Waals surface area contributed by atoms with Crippen LogP contribution in [0.15, 0.2) is 11.2 Å². The molecular weight excluding hydrogens is 317 g/mol. The Bertz CT molecular complexity index is 627. The van der Waals surface area contributed by atoms with E-state index in [-0.39, 0.29) is 17.9 Å². The summed E-state index contributed by atoms with van der Waals surface area (Å²) in [4.78, 5) is 19.1. The van der Waals surface area contributed by atoms with Gasteiger partial charge in [0.05, 0.1) is 10.6 Å². The SMILES string of the molecule is CC(C)Cc1c(C2=NCCS2)cnc(C(F)(F)F)c1C(=O)O. The van der Waals surface area contributed by atoms with E-state index in [1.165, 1.54) is 11.8 Å². The van der Waals surface area contributed by atoms with Crippen molar-refractivity contribution >= 4 is 22.8 Å². The molecule has 0 saturated heterocycles. The Hall–Kier alpha value is -1.57. The number of nitrogens with zero attached hydrogens (tertiary/aromatic N) is 2. The summed E-state index contributed by atoms with van der Waals surface area (Å²) in [5.41, 5.74) is -1.53. The number of aliphatic imine (C=N–C) groups is 1. The predicted molar refractivity (Wildman–Crippen MR) is 78.6 cm³/mol. The predicted octanol–water partition coefficient (Wildman–Crippen LogP) is 3.49. The highest BCUT2D eigenvalue weighted by atomic mass is 32.2. The molecule has 1 aliphatic heterocycles. The number of rotatable bonds is 4. The zero-order chi connectivity index (χ0) is 16.5. The summed E-state index contributed by atoms with van der Waals surface area (Å²) in [6, 6.07) is 0. The number of halogens is 3. The van der Waals surface area contributed by atoms with E-state index in [1.807, 2.05) is 13.8 Å². The van der Waals surface area contributed by atoms with Crippen molar-refractivity contribution in [3.8, 4) is 0 Å². The van der Waals surface area contributed by atoms with Gasteiger partial charge in [0.25, 0.3) is 0 Å². The first-order valence-electron chi connectivity index (χ1n) is 6.71. The van der Waals surface area contributed by atoms with E-state index in [0.717, 1.165) is 11.9 Å². The molecule has 8 heteroatoms. The summed E-state index contributed by atoms with van der Waals surface area (Å²) in [5, 5.41) is 9.87. The van der Waals surface area contributed by atoms with E-state index < -0.39 is 23.4 Å². The molecule has 22 heavy (non-hydrogen) atoms. The fourth-order valence-electron chi connectivity index (χ4n) is 2.30. The second kappa shape index (κ2) is 6.28. The number of pyridine rings is 1. The standard InChI is InChI=1S/C14H15F3N2O2S/c1-7(2)5-8-9(12-18-3-4-22-12)6-19-11(14(15,16)17)10(8)13(20)21/h6-7H,3-5H2,1-2H3,(H,20,21). The Labute approximate surface area is 129 Å². The molecule has 2 heterocycles. The highest BCUT2D eigenvalue weighted by molar-refractivity contribution is 8.14. The Morgan fingerprint density at radius 3 is 2.59 bits per heavy atom. The molecule has 0 aromatic carbocycles. The zero-order valence-corrected chi connectivity index (χ0v) is 12.9. The Kier molecular flexibility index (Phi) is 4.79. The van der Waals surface area contributed by atoms with E-state index in [2.05, 4.69) is 9.98 Å². The number of thioether (sulfide) groups is 1. The molecule has 0 saturated carbocycles. The minimum Gasteiger partial charge on any atom is -0.478 e. The summed E-state index contributed by atoms with van der Waals surface area (Å²) in [6.45, 7) is 4.23. The molecular formula is C14H15F3N2O2S. The molecule has 1 aromatic rings. The highest BCUT2D eigenvalue weighted by Crippen LogP contribution is 2.35. The molecule has 0 radical (unpaired) electrons. The molecule has 0 atom stereocenters. The van der Waals surface area contributed by atoms with Gasteiger partial charge in [0.15, 0.2) is 5.69 Å². The smallest absolute Gasteiger partial charge is 0.434 e. The second-order valence-electron chi connectivity index (χ2n) is 5.31. The number of hydrogen-bond acceptors (Lipinski definition) is 4. The van der Waals surface area contributed by atoms with Crippen molar-refractivity contribution in [2.24, 2.45) is 10.9 Å². The number of aromatic carboxylic acids is 1. The van der Waals surface area contributed by atoms with Crippen molar-refractivity contribution in [2.45, 2.75) is 26.4 Å². The van der Waals surface area contributed by atoms with Crippen LogP contribution in [0, 0.1) is 5.92 Å². The molecule has 0 aliphatic carbocycles. The van der Waals surface area contributed by atoms with Gasteiger partial charge in [0.1, 0.15) is 0 Å². The van der Waals surface area contributed by atoms with Gasteiger partial charge in [-0.25, -0.2) is 4.79 Å². The third kappa shape index (κ3) is 3.43. The minimum atomic E-state index is -4.80. The topological polar surface area (TPSA) is 62.5 Å². The number of hydrogen-bond donors (Lipinski definition) is 1. The summed E-state index contributed by atoms with van der Waals surface area (Å²) in [5.74, 6) is -0.867. The number of carboxylic acid groups (broad SMARTS) is 1. The fourth-order valence-corrected chi connectivity index (χ4v) is 3.19. The lowest BCUT2D eigenvalue weighted by Crippen LogP contribution is -2.21. The van der Waals surface area contributed by atoms with Crippen LogP contribution in [0.1, 0.15) is 41.0 Å². The highest BCUT2D eigenvalue weighted by Gasteiger charge is 2.39. The summed E-state index contributed by atoms with van der Waals surface area (Å²) < 4.78 is 39.2. The maximum absolute atomic E-state index is 13.1. The summed E-state index contributed by atoms with van der Waals surface area (Å²) >= 11 is 1.41. The van der Waals surface area contributed by atoms with E-state index in [4.69, 9.17) is 0 Å². The molecule has 0 fully saturated rings. The van der Waals surface area contributed by atoms with Crippen molar-refractivity contribution < 1.29 is 23.1 Å². The van der Waals surface area contributed by atoms with Crippen LogP contribution in [-0.2, 0) is 12.6 Å². The lowest BCUT2D eigenvalue weighted by molar-refractivity contribution is -0.141. The molecule has 0 amide bonds. The normalized spacial score (nSPS) is 15.3. The lowest BCUT2D eigenvalue weighted by atomic mass is 9.93. The van der Waals surface area contributed by atoms with Crippen molar-refractivity contribution in [3.05, 3.63) is 28.6 Å². The van der Waals surface area contributed by atoms with Crippen molar-refractivity contribution in [1.29, 1.82) is 0 Å². The quantitative estimate of drug-likeness (QED) is 0.917. The van der Waals surface area contributed by atoms with Gasteiger partial charge in [0, 0.05) is 24.1 Å². The molecule has 0 spiro atoms. The van der Waals surface area contributed by atoms with Crippen LogP contribution in [0.4, 0.5) is 13.2 Å². The van der Waals surface area contributed by atoms with Crippen LogP contribution >= 0.6 is 11.8 Å². The largest absolute Gasteiger partial charge is 0.478 e. The van der Waals surface area contributed by atoms with Crippen molar-refractivity contribution in [2.75, 3.05) is 12.3 Å². The van der Waals surface area contributed by atoms with Gasteiger partial charge in [-0.3, -0.25) is 9.98 Å². The van der Waals surface area contributed by atoms with E-state index in [1.54, 1.807) is 0 Å². The molecule has 1 N–H and O–H groups in total. The number of aromatic nitrogens is 1. The van der Waals surface area contributed by atoms with Crippen LogP contribution in [0.25, 0.3) is 0 Å². The number of carbonyl (C=O) groups is 1. The molecule has 0 bridgehead atoms. The van der Waals surface area contributed by atoms with Gasteiger partial charge in [-0.2, -0.15) is 13.2 Å². The van der Waals surface area contributed by atoms with Gasteiger partial charge >= 0.3 is 12.1 Å². The first kappa shape index (κ1) is 16.8. The van der Waals surface area contributed by atoms with Crippen LogP contribution < -0.4 is 0 Å². The van der Waals surface area contributed by atoms with E-state index in [9.17, 15) is 23.1 Å². The molecule has 4 nitrogen and oxygen atoms in total. The maximum Gasteiger partial charge on any atom is 0.434 e. The van der Waals surface area contributed by atoms with Gasteiger partial charge in [-0.1, -0.05) is 13.8 Å². The summed E-state index contributed by atoms with van der Waals surface area (Å²) in [7, 11) is 0. The minimum absolute atomic E-state index is 0.00679. The van der Waals surface area contributed by atoms with Gasteiger partial charge < -0.3 is 5.11 Å². The Morgan fingerprint density at radius 2 is 2.14 bits per heavy atom. The Morgan fingerprint density at radius 1 is 1.45 bits per heavy atom. The molecule has 2 rings (SSSR count). The average molecular weight is 332 g/mol. The fraction of sp³-hybridized carbons (Fsp3) is 0.500. The number of carboxylic acids is 1. The van der Waals surface area contributed by atoms with E-state index >= 15 is 0 Å². The lowest BCUT2D eigenvalue weighted by Gasteiger charge is -2.18. The monoisotopic (exact) mass is 332 g/mol. The maximum atomic E-state index is 13.1. The van der Waals surface area contributed by atoms with Gasteiger partial charge in [-0.15, -0.1) is 11.8 Å². The van der Waals surface area contributed by atoms with Gasteiger partial charge in [-0.05, 0) is 17.9 Å². The van der Waals surface area contributed by atoms with Gasteiger partial charge in [0.2, 0.25) is 0 Å². The zero-order valence-electron chi connectivity index (χ0n) is 12.1. The summed E-state index contributed by atoms with van der Waals surface area (Å²) in [6.07, 6.45) is -3.48. The molecule has 1 aromatic heterocycles. The van der Waals surface area contributed by atoms with Crippen molar-refractivity contribution in [1.82, 2.24) is 4.98 Å². The van der Waals surface area contributed by atoms with Crippen LogP contribution in [-0.4, -0.2) is 33.4 Å². The third-order valence-corrected chi connectivity index (χ3v) is 4.11. The van der Waals surface area contributed by atoms with Crippen LogP contribution in [0.5, 0.6) is 0 Å². The number of alkyl halides is 3. The first-order chi connectivity index (χ1) is 10.2. The van der Waals surface area contributed by atoms with E-state index in [0.29, 0.717) is 17.2 Å². The first-order valence-corrected chi connectivity index (χ1v) is 7.70. The average Bonchev–Trinajstić information content (AvgIpc) is 2.89. The Balaban J connectivity index is 2.71. The molecule has 0 unspecified atom stereocenters. The second-order valence-corrected chi connectivity index (χ2v) is 6.39.